The van der Waals surface area contributed by atoms with E-state index in [1.165, 1.54) is 6.07 Å². The van der Waals surface area contributed by atoms with Gasteiger partial charge < -0.3 is 20.8 Å². The van der Waals surface area contributed by atoms with Gasteiger partial charge in [-0.1, -0.05) is 6.07 Å². The summed E-state index contributed by atoms with van der Waals surface area (Å²) in [6.45, 7) is 5.57. The molecule has 0 fully saturated rings. The largest absolute Gasteiger partial charge is 0.413 e. The molecule has 22 heavy (non-hydrogen) atoms. The normalized spacial score (nSPS) is 11.0. The van der Waals surface area contributed by atoms with E-state index < -0.39 is 6.09 Å². The van der Waals surface area contributed by atoms with E-state index in [1.807, 2.05) is 20.8 Å². The van der Waals surface area contributed by atoms with E-state index in [2.05, 4.69) is 10.3 Å². The van der Waals surface area contributed by atoms with Crippen molar-refractivity contribution >= 4 is 11.8 Å². The van der Waals surface area contributed by atoms with Crippen LogP contribution < -0.4 is 21.3 Å². The Kier molecular flexibility index (Phi) is 4.21. The summed E-state index contributed by atoms with van der Waals surface area (Å²) in [5, 5.41) is 2.69. The first kappa shape index (κ1) is 15.6. The summed E-state index contributed by atoms with van der Waals surface area (Å²) < 4.78 is 5.20. The lowest BCUT2D eigenvalue weighted by Gasteiger charge is -2.20. The third-order valence-electron chi connectivity index (χ3n) is 2.81. The van der Waals surface area contributed by atoms with Crippen LogP contribution in [-0.2, 0) is 0 Å². The monoisotopic (exact) mass is 301 g/mol. The Labute approximate surface area is 128 Å². The highest BCUT2D eigenvalue weighted by molar-refractivity contribution is 5.76. The predicted octanol–water partition coefficient (Wildman–Crippen LogP) is 2.51. The molecule has 0 bridgehead atoms. The molecule has 0 aliphatic rings. The van der Waals surface area contributed by atoms with Crippen LogP contribution in [0.2, 0.25) is 0 Å². The summed E-state index contributed by atoms with van der Waals surface area (Å²) in [5.41, 5.74) is 7.34. The maximum atomic E-state index is 11.7. The number of hydrogen-bond donors (Lipinski definition) is 3. The number of rotatable bonds is 2. The lowest BCUT2D eigenvalue weighted by Crippen LogP contribution is -2.42. The third kappa shape index (κ3) is 4.12. The minimum atomic E-state index is -0.559. The van der Waals surface area contributed by atoms with Crippen molar-refractivity contribution in [2.75, 3.05) is 5.73 Å². The molecule has 1 heterocycles. The molecule has 116 valence electrons. The highest BCUT2D eigenvalue weighted by atomic mass is 16.6. The first-order chi connectivity index (χ1) is 10.2. The molecule has 0 atom stereocenters. The smallest absolute Gasteiger partial charge is 0.408 e. The number of amides is 1. The fourth-order valence-corrected chi connectivity index (χ4v) is 1.84. The minimum Gasteiger partial charge on any atom is -0.408 e. The number of carbonyl (C=O) groups excluding carboxylic acids is 1. The molecule has 2 rings (SSSR count). The first-order valence-corrected chi connectivity index (χ1v) is 6.83. The van der Waals surface area contributed by atoms with Gasteiger partial charge in [-0.3, -0.25) is 4.79 Å². The van der Waals surface area contributed by atoms with E-state index in [1.54, 1.807) is 30.5 Å². The number of hydrogen-bond acceptors (Lipinski definition) is 4. The number of H-pyrrole nitrogens is 1. The Hall–Kier alpha value is -2.76. The molecule has 0 aliphatic carbocycles. The number of anilines is 1. The molecule has 1 aromatic heterocycles. The fraction of sp³-hybridized carbons (Fsp3) is 0.250. The maximum absolute atomic E-state index is 11.7. The maximum Gasteiger partial charge on any atom is 0.413 e. The topological polar surface area (TPSA) is 97.2 Å². The Morgan fingerprint density at radius 1 is 1.18 bits per heavy atom. The number of ether oxygens (including phenoxy) is 1. The van der Waals surface area contributed by atoms with Crippen LogP contribution >= 0.6 is 0 Å². The summed E-state index contributed by atoms with van der Waals surface area (Å²) in [6.07, 6.45) is 1.04. The van der Waals surface area contributed by atoms with Gasteiger partial charge in [-0.05, 0) is 50.1 Å². The fourth-order valence-electron chi connectivity index (χ4n) is 1.84. The van der Waals surface area contributed by atoms with Crippen LogP contribution in [0.4, 0.5) is 10.5 Å². The number of carbonyl (C=O) groups is 1. The predicted molar refractivity (Wildman–Crippen MR) is 85.8 cm³/mol. The van der Waals surface area contributed by atoms with Crippen molar-refractivity contribution in [1.29, 1.82) is 0 Å². The van der Waals surface area contributed by atoms with E-state index in [4.69, 9.17) is 10.5 Å². The van der Waals surface area contributed by atoms with Crippen molar-refractivity contribution < 1.29 is 9.53 Å². The van der Waals surface area contributed by atoms with Gasteiger partial charge in [0.2, 0.25) is 5.56 Å². The highest BCUT2D eigenvalue weighted by Crippen LogP contribution is 2.28. The van der Waals surface area contributed by atoms with Crippen molar-refractivity contribution in [1.82, 2.24) is 10.3 Å². The SMILES string of the molecule is CC(C)(C)NC(=O)Oc1ccc(-c2ccc(=O)[nH]c2)cc1N. The highest BCUT2D eigenvalue weighted by Gasteiger charge is 2.16. The Morgan fingerprint density at radius 2 is 1.86 bits per heavy atom. The standard InChI is InChI=1S/C16H19N3O3/c1-16(2,3)19-15(21)22-13-6-4-10(8-12(13)17)11-5-7-14(20)18-9-11/h4-9H,17H2,1-3H3,(H,18,20)(H,19,21). The molecule has 6 nitrogen and oxygen atoms in total. The van der Waals surface area contributed by atoms with Gasteiger partial charge in [0, 0.05) is 17.8 Å². The van der Waals surface area contributed by atoms with Gasteiger partial charge in [0.1, 0.15) is 0 Å². The van der Waals surface area contributed by atoms with Crippen LogP contribution in [0, 0.1) is 0 Å². The second kappa shape index (κ2) is 5.93. The lowest BCUT2D eigenvalue weighted by atomic mass is 10.1. The molecule has 0 unspecified atom stereocenters. The van der Waals surface area contributed by atoms with Gasteiger partial charge in [-0.2, -0.15) is 0 Å². The second-order valence-corrected chi connectivity index (χ2v) is 5.96. The molecule has 6 heteroatoms. The number of nitrogens with one attached hydrogen (secondary N) is 2. The molecular formula is C16H19N3O3. The molecule has 1 amide bonds. The molecule has 0 radical (unpaired) electrons. The van der Waals surface area contributed by atoms with Gasteiger partial charge in [0.25, 0.3) is 0 Å². The van der Waals surface area contributed by atoms with Gasteiger partial charge >= 0.3 is 6.09 Å². The van der Waals surface area contributed by atoms with E-state index >= 15 is 0 Å². The average Bonchev–Trinajstić information content (AvgIpc) is 2.40. The minimum absolute atomic E-state index is 0.171. The van der Waals surface area contributed by atoms with Crippen LogP contribution in [0.25, 0.3) is 11.1 Å². The van der Waals surface area contributed by atoms with Crippen molar-refractivity contribution in [3.63, 3.8) is 0 Å². The number of pyridine rings is 1. The van der Waals surface area contributed by atoms with Crippen LogP contribution in [0.15, 0.2) is 41.3 Å². The van der Waals surface area contributed by atoms with Crippen LogP contribution in [-0.4, -0.2) is 16.6 Å². The Bertz CT molecular complexity index is 725. The summed E-state index contributed by atoms with van der Waals surface area (Å²) in [7, 11) is 0. The van der Waals surface area contributed by atoms with Gasteiger partial charge in [0.05, 0.1) is 5.69 Å². The van der Waals surface area contributed by atoms with Crippen LogP contribution in [0.5, 0.6) is 5.75 Å². The van der Waals surface area contributed by atoms with E-state index in [9.17, 15) is 9.59 Å². The molecule has 2 aromatic rings. The first-order valence-electron chi connectivity index (χ1n) is 6.83. The molecule has 4 N–H and O–H groups in total. The molecular weight excluding hydrogens is 282 g/mol. The zero-order valence-electron chi connectivity index (χ0n) is 12.8. The molecule has 1 aromatic carbocycles. The zero-order chi connectivity index (χ0) is 16.3. The summed E-state index contributed by atoms with van der Waals surface area (Å²) >= 11 is 0. The van der Waals surface area contributed by atoms with Crippen LogP contribution in [0.1, 0.15) is 20.8 Å². The average molecular weight is 301 g/mol. The molecule has 0 aliphatic heterocycles. The summed E-state index contributed by atoms with van der Waals surface area (Å²) in [6, 6.07) is 8.21. The van der Waals surface area contributed by atoms with E-state index in [0.717, 1.165) is 11.1 Å². The Morgan fingerprint density at radius 3 is 2.41 bits per heavy atom. The zero-order valence-corrected chi connectivity index (χ0v) is 12.8. The van der Waals surface area contributed by atoms with Gasteiger partial charge in [0.15, 0.2) is 5.75 Å². The molecule has 0 saturated carbocycles. The Balaban J connectivity index is 2.18. The van der Waals surface area contributed by atoms with Crippen LogP contribution in [0.3, 0.4) is 0 Å². The lowest BCUT2D eigenvalue weighted by molar-refractivity contribution is 0.191. The van der Waals surface area contributed by atoms with E-state index in [-0.39, 0.29) is 16.8 Å². The van der Waals surface area contributed by atoms with Gasteiger partial charge in [-0.25, -0.2) is 4.79 Å². The third-order valence-corrected chi connectivity index (χ3v) is 2.81. The van der Waals surface area contributed by atoms with Crippen molar-refractivity contribution in [2.24, 2.45) is 0 Å². The molecule has 0 saturated heterocycles. The molecule has 0 spiro atoms. The summed E-state index contributed by atoms with van der Waals surface area (Å²) in [5.74, 6) is 0.287. The number of aromatic amines is 1. The summed E-state index contributed by atoms with van der Waals surface area (Å²) in [4.78, 5) is 25.4. The number of benzene rings is 1. The number of aromatic nitrogens is 1. The van der Waals surface area contributed by atoms with Crippen molar-refractivity contribution in [3.8, 4) is 16.9 Å². The van der Waals surface area contributed by atoms with E-state index in [0.29, 0.717) is 5.69 Å². The number of nitrogens with two attached hydrogens (primary N) is 1. The quantitative estimate of drug-likeness (QED) is 0.742. The number of nitrogen functional groups attached to an aromatic ring is 1. The van der Waals surface area contributed by atoms with Gasteiger partial charge in [-0.15, -0.1) is 0 Å². The van der Waals surface area contributed by atoms with Crippen molar-refractivity contribution in [2.45, 2.75) is 26.3 Å². The second-order valence-electron chi connectivity index (χ2n) is 5.96. The van der Waals surface area contributed by atoms with Crippen molar-refractivity contribution in [3.05, 3.63) is 46.9 Å².